The molecule has 2 aromatic carbocycles. The molecular weight excluding hydrogens is 572 g/mol. The van der Waals surface area contributed by atoms with Crippen molar-refractivity contribution in [3.05, 3.63) is 101 Å². The lowest BCUT2D eigenvalue weighted by Gasteiger charge is -2.40. The second kappa shape index (κ2) is 10.4. The van der Waals surface area contributed by atoms with Crippen molar-refractivity contribution in [1.82, 2.24) is 14.9 Å². The van der Waals surface area contributed by atoms with E-state index in [1.807, 2.05) is 12.1 Å². The van der Waals surface area contributed by atoms with E-state index in [0.29, 0.717) is 16.9 Å². The van der Waals surface area contributed by atoms with Crippen LogP contribution in [-0.4, -0.2) is 58.6 Å². The lowest BCUT2D eigenvalue weighted by atomic mass is 9.90. The number of amides is 2. The van der Waals surface area contributed by atoms with E-state index in [2.05, 4.69) is 26.3 Å². The summed E-state index contributed by atoms with van der Waals surface area (Å²) in [7, 11) is -3.39. The average molecular weight is 597 g/mol. The van der Waals surface area contributed by atoms with Crippen LogP contribution in [0.15, 0.2) is 94.4 Å². The number of imide groups is 1. The number of nitrogens with zero attached hydrogens (tertiary/aromatic N) is 3. The Morgan fingerprint density at radius 3 is 2.34 bits per heavy atom. The molecule has 2 aliphatic rings. The summed E-state index contributed by atoms with van der Waals surface area (Å²) in [5.74, 6) is -1.52. The van der Waals surface area contributed by atoms with Crippen LogP contribution in [0, 0.1) is 5.92 Å². The van der Waals surface area contributed by atoms with Crippen molar-refractivity contribution in [2.45, 2.75) is 29.6 Å². The number of fused-ring (bicyclic) bond motifs is 1. The van der Waals surface area contributed by atoms with E-state index in [0.717, 1.165) is 10.7 Å². The molecule has 4 atom stereocenters. The number of aliphatic hydroxyl groups is 1. The van der Waals surface area contributed by atoms with Gasteiger partial charge in [0.15, 0.2) is 9.84 Å². The van der Waals surface area contributed by atoms with Gasteiger partial charge < -0.3 is 10.5 Å². The number of aliphatic hydroxyl groups excluding tert-OH is 1. The van der Waals surface area contributed by atoms with Crippen LogP contribution in [0.3, 0.4) is 0 Å². The molecule has 0 spiro atoms. The van der Waals surface area contributed by atoms with Crippen molar-refractivity contribution < 1.29 is 23.1 Å². The monoisotopic (exact) mass is 596 g/mol. The number of pyridine rings is 1. The number of nitrogens with one attached hydrogen (secondary N) is 1. The topological polar surface area (TPSA) is 120 Å². The normalized spacial score (nSPS) is 22.4. The molecule has 1 fully saturated rings. The third kappa shape index (κ3) is 5.14. The highest BCUT2D eigenvalue weighted by molar-refractivity contribution is 9.10. The molecule has 11 heteroatoms. The molecule has 196 valence electrons. The quantitative estimate of drug-likeness (QED) is 0.315. The lowest BCUT2D eigenvalue weighted by molar-refractivity contribution is -0.140. The highest BCUT2D eigenvalue weighted by Crippen LogP contribution is 2.37. The van der Waals surface area contributed by atoms with Gasteiger partial charge in [0, 0.05) is 22.6 Å². The number of aromatic nitrogens is 1. The summed E-state index contributed by atoms with van der Waals surface area (Å²) in [6.07, 6.45) is 5.10. The second-order valence-corrected chi connectivity index (χ2v) is 12.2. The first-order valence-electron chi connectivity index (χ1n) is 11.9. The van der Waals surface area contributed by atoms with E-state index < -0.39 is 39.8 Å². The van der Waals surface area contributed by atoms with E-state index in [1.54, 1.807) is 65.8 Å². The number of anilines is 1. The molecule has 1 aromatic heterocycles. The van der Waals surface area contributed by atoms with Gasteiger partial charge in [-0.15, -0.1) is 0 Å². The first-order valence-corrected chi connectivity index (χ1v) is 14.5. The molecule has 9 nitrogen and oxygen atoms in total. The summed E-state index contributed by atoms with van der Waals surface area (Å²) >= 11 is 3.40. The SMILES string of the molecule is CS(=O)(=O)c1ccc(NN2C([C@H](O)c3ccc(Br)cc3)C=C[C@H]3C(=O)N(Cc4ccccn4)C(=O)[C@H]32)cc1. The molecule has 0 aliphatic carbocycles. The Morgan fingerprint density at radius 2 is 1.71 bits per heavy atom. The molecule has 3 aromatic rings. The minimum atomic E-state index is -3.39. The number of benzene rings is 2. The number of rotatable bonds is 7. The highest BCUT2D eigenvalue weighted by atomic mass is 79.9. The molecule has 2 amide bonds. The van der Waals surface area contributed by atoms with Crippen LogP contribution < -0.4 is 5.43 Å². The third-order valence-electron chi connectivity index (χ3n) is 6.67. The van der Waals surface area contributed by atoms with Crippen LogP contribution in [0.2, 0.25) is 0 Å². The Balaban J connectivity index is 1.50. The molecular formula is C27H25BrN4O5S. The van der Waals surface area contributed by atoms with Gasteiger partial charge in [-0.25, -0.2) is 13.4 Å². The smallest absolute Gasteiger partial charge is 0.249 e. The van der Waals surface area contributed by atoms with Gasteiger partial charge in [0.1, 0.15) is 6.04 Å². The fourth-order valence-corrected chi connectivity index (χ4v) is 5.62. The number of hydrogen-bond donors (Lipinski definition) is 2. The summed E-state index contributed by atoms with van der Waals surface area (Å²) in [4.78, 5) is 32.6. The molecule has 5 rings (SSSR count). The standard InChI is InChI=1S/C27H25BrN4O5S/c1-38(36,37)21-11-9-19(10-12-21)30-32-23(25(33)17-5-7-18(28)8-6-17)14-13-22-24(32)27(35)31(26(22)34)16-20-4-2-3-15-29-20/h2-15,22-25,30,33H,16H2,1H3/t22-,23?,24+,25-/m1/s1. The molecule has 38 heavy (non-hydrogen) atoms. The average Bonchev–Trinajstić information content (AvgIpc) is 3.14. The van der Waals surface area contributed by atoms with Gasteiger partial charge in [-0.3, -0.25) is 19.5 Å². The van der Waals surface area contributed by atoms with Crippen LogP contribution in [0.25, 0.3) is 0 Å². The zero-order chi connectivity index (χ0) is 27.0. The van der Waals surface area contributed by atoms with Crippen LogP contribution in [0.5, 0.6) is 0 Å². The van der Waals surface area contributed by atoms with Gasteiger partial charge in [-0.05, 0) is 54.1 Å². The Bertz CT molecular complexity index is 1480. The zero-order valence-electron chi connectivity index (χ0n) is 20.3. The molecule has 1 unspecified atom stereocenters. The largest absolute Gasteiger partial charge is 0.386 e. The van der Waals surface area contributed by atoms with E-state index in [-0.39, 0.29) is 17.3 Å². The van der Waals surface area contributed by atoms with Crippen LogP contribution in [0.4, 0.5) is 5.69 Å². The first-order chi connectivity index (χ1) is 18.1. The Kier molecular flexibility index (Phi) is 7.19. The van der Waals surface area contributed by atoms with Crippen molar-refractivity contribution in [3.63, 3.8) is 0 Å². The second-order valence-electron chi connectivity index (χ2n) is 9.24. The Labute approximate surface area is 228 Å². The summed E-state index contributed by atoms with van der Waals surface area (Å²) in [6, 6.07) is 16.9. The van der Waals surface area contributed by atoms with Crippen molar-refractivity contribution >= 4 is 43.3 Å². The third-order valence-corrected chi connectivity index (χ3v) is 8.33. The van der Waals surface area contributed by atoms with Crippen molar-refractivity contribution in [2.24, 2.45) is 5.92 Å². The maximum absolute atomic E-state index is 13.7. The molecule has 0 saturated carbocycles. The zero-order valence-corrected chi connectivity index (χ0v) is 22.7. The summed E-state index contributed by atoms with van der Waals surface area (Å²) < 4.78 is 24.7. The van der Waals surface area contributed by atoms with E-state index >= 15 is 0 Å². The van der Waals surface area contributed by atoms with Crippen LogP contribution in [-0.2, 0) is 26.0 Å². The molecule has 2 N–H and O–H groups in total. The molecule has 3 heterocycles. The maximum Gasteiger partial charge on any atom is 0.249 e. The number of likely N-dealkylation sites (tertiary alicyclic amines) is 1. The Morgan fingerprint density at radius 1 is 1.00 bits per heavy atom. The summed E-state index contributed by atoms with van der Waals surface area (Å²) in [5.41, 5.74) is 4.89. The van der Waals surface area contributed by atoms with Gasteiger partial charge in [0.05, 0.1) is 35.2 Å². The van der Waals surface area contributed by atoms with Crippen molar-refractivity contribution in [3.8, 4) is 0 Å². The molecule has 2 aliphatic heterocycles. The minimum Gasteiger partial charge on any atom is -0.386 e. The van der Waals surface area contributed by atoms with Gasteiger partial charge in [0.2, 0.25) is 11.8 Å². The summed E-state index contributed by atoms with van der Waals surface area (Å²) in [6.45, 7) is 0.0379. The fourth-order valence-electron chi connectivity index (χ4n) is 4.72. The molecule has 0 bridgehead atoms. The van der Waals surface area contributed by atoms with E-state index in [4.69, 9.17) is 0 Å². The van der Waals surface area contributed by atoms with Crippen molar-refractivity contribution in [1.29, 1.82) is 0 Å². The van der Waals surface area contributed by atoms with Crippen LogP contribution >= 0.6 is 15.9 Å². The highest BCUT2D eigenvalue weighted by Gasteiger charge is 2.53. The Hall–Kier alpha value is -3.38. The predicted octanol–water partition coefficient (Wildman–Crippen LogP) is 3.10. The molecule has 0 radical (unpaired) electrons. The maximum atomic E-state index is 13.7. The number of sulfone groups is 1. The number of carbonyl (C=O) groups excluding carboxylic acids is 2. The van der Waals surface area contributed by atoms with E-state index in [9.17, 15) is 23.1 Å². The fraction of sp³-hybridized carbons (Fsp3) is 0.222. The number of carbonyl (C=O) groups is 2. The van der Waals surface area contributed by atoms with E-state index in [1.165, 1.54) is 17.0 Å². The van der Waals surface area contributed by atoms with Gasteiger partial charge in [-0.1, -0.05) is 46.3 Å². The number of hydrogen-bond acceptors (Lipinski definition) is 8. The predicted molar refractivity (Wildman–Crippen MR) is 144 cm³/mol. The van der Waals surface area contributed by atoms with Crippen molar-refractivity contribution in [2.75, 3.05) is 11.7 Å². The number of halogens is 1. The first kappa shape index (κ1) is 26.2. The minimum absolute atomic E-state index is 0.0379. The number of hydrazine groups is 1. The lowest BCUT2D eigenvalue weighted by Crippen LogP contribution is -2.55. The van der Waals surface area contributed by atoms with Gasteiger partial charge in [0.25, 0.3) is 0 Å². The van der Waals surface area contributed by atoms with Crippen LogP contribution in [0.1, 0.15) is 17.4 Å². The van der Waals surface area contributed by atoms with Gasteiger partial charge >= 0.3 is 0 Å². The summed E-state index contributed by atoms with van der Waals surface area (Å²) in [5, 5.41) is 13.0. The van der Waals surface area contributed by atoms with Gasteiger partial charge in [-0.2, -0.15) is 0 Å². The molecule has 1 saturated heterocycles.